The van der Waals surface area contributed by atoms with Gasteiger partial charge in [-0.1, -0.05) is 55.1 Å². The van der Waals surface area contributed by atoms with E-state index in [-0.39, 0.29) is 16.7 Å². The summed E-state index contributed by atoms with van der Waals surface area (Å²) in [5.41, 5.74) is 3.61. The third kappa shape index (κ3) is 6.07. The molecule has 0 radical (unpaired) electrons. The van der Waals surface area contributed by atoms with E-state index in [1.54, 1.807) is 17.0 Å². The lowest BCUT2D eigenvalue weighted by atomic mass is 10.1. The van der Waals surface area contributed by atoms with Crippen molar-refractivity contribution < 1.29 is 4.79 Å². The van der Waals surface area contributed by atoms with Crippen molar-refractivity contribution in [2.24, 2.45) is 0 Å². The van der Waals surface area contributed by atoms with Crippen molar-refractivity contribution in [3.05, 3.63) is 94.5 Å². The van der Waals surface area contributed by atoms with Crippen molar-refractivity contribution in [2.45, 2.75) is 56.1 Å². The Morgan fingerprint density at radius 1 is 1.03 bits per heavy atom. The second kappa shape index (κ2) is 12.3. The molecule has 0 spiro atoms. The van der Waals surface area contributed by atoms with Crippen LogP contribution in [0.5, 0.6) is 0 Å². The monoisotopic (exact) mass is 527 g/mol. The van der Waals surface area contributed by atoms with E-state index in [1.807, 2.05) is 61.5 Å². The Labute approximate surface area is 227 Å². The van der Waals surface area contributed by atoms with Crippen LogP contribution in [0, 0.1) is 0 Å². The summed E-state index contributed by atoms with van der Waals surface area (Å²) >= 11 is 1.35. The molecule has 2 aromatic heterocycles. The number of hydrogen-bond donors (Lipinski definition) is 1. The molecule has 1 atom stereocenters. The number of carbonyl (C=O) groups is 1. The summed E-state index contributed by atoms with van der Waals surface area (Å²) in [6.07, 6.45) is 7.66. The van der Waals surface area contributed by atoms with Gasteiger partial charge in [0.15, 0.2) is 5.16 Å². The molecule has 1 amide bonds. The Morgan fingerprint density at radius 2 is 1.82 bits per heavy atom. The highest BCUT2D eigenvalue weighted by molar-refractivity contribution is 8.00. The number of nitrogens with zero attached hydrogens (tertiary/aromatic N) is 4. The van der Waals surface area contributed by atoms with Crippen LogP contribution < -0.4 is 15.8 Å². The minimum Gasteiger partial charge on any atom is -0.372 e. The van der Waals surface area contributed by atoms with E-state index < -0.39 is 0 Å². The molecule has 1 aliphatic heterocycles. The molecule has 3 heterocycles. The number of nitrogens with one attached hydrogen (secondary N) is 1. The fourth-order valence-electron chi connectivity index (χ4n) is 4.79. The topological polar surface area (TPSA) is 80.1 Å². The zero-order valence-corrected chi connectivity index (χ0v) is 22.5. The average Bonchev–Trinajstić information content (AvgIpc) is 2.98. The molecule has 0 bridgehead atoms. The van der Waals surface area contributed by atoms with E-state index >= 15 is 0 Å². The van der Waals surface area contributed by atoms with E-state index in [0.717, 1.165) is 29.9 Å². The van der Waals surface area contributed by atoms with Crippen LogP contribution >= 0.6 is 11.8 Å². The number of piperidine rings is 1. The van der Waals surface area contributed by atoms with Crippen molar-refractivity contribution in [2.75, 3.05) is 18.0 Å². The molecular weight excluding hydrogens is 494 g/mol. The summed E-state index contributed by atoms with van der Waals surface area (Å²) in [4.78, 5) is 38.4. The molecule has 1 saturated heterocycles. The number of amides is 1. The summed E-state index contributed by atoms with van der Waals surface area (Å²) in [6.45, 7) is 4.80. The number of anilines is 1. The van der Waals surface area contributed by atoms with Crippen molar-refractivity contribution in [3.8, 4) is 0 Å². The Balaban J connectivity index is 1.47. The minimum absolute atomic E-state index is 0.0779. The van der Waals surface area contributed by atoms with Crippen LogP contribution in [0.25, 0.3) is 10.9 Å². The SMILES string of the molecule is CC[C@H](Sc1nc2ccc(N3CCCCC3)cc2c(=O)n1Cc1ccccc1)C(=O)NCc1cccnc1. The molecular formula is C30H33N5O2S. The zero-order valence-electron chi connectivity index (χ0n) is 21.7. The number of fused-ring (bicyclic) bond motifs is 1. The largest absolute Gasteiger partial charge is 0.372 e. The lowest BCUT2D eigenvalue weighted by Gasteiger charge is -2.29. The average molecular weight is 528 g/mol. The van der Waals surface area contributed by atoms with Crippen LogP contribution in [-0.2, 0) is 17.9 Å². The molecule has 8 heteroatoms. The minimum atomic E-state index is -0.384. The second-order valence-electron chi connectivity index (χ2n) is 9.61. The molecule has 2 aromatic carbocycles. The maximum atomic E-state index is 13.9. The summed E-state index contributed by atoms with van der Waals surface area (Å²) < 4.78 is 1.72. The normalized spacial score (nSPS) is 14.4. The predicted octanol–water partition coefficient (Wildman–Crippen LogP) is 5.02. The van der Waals surface area contributed by atoms with Crippen LogP contribution in [-0.4, -0.2) is 38.8 Å². The first-order valence-electron chi connectivity index (χ1n) is 13.3. The van der Waals surface area contributed by atoms with Crippen LogP contribution in [0.4, 0.5) is 5.69 Å². The second-order valence-corrected chi connectivity index (χ2v) is 10.8. The molecule has 1 aliphatic rings. The number of aromatic nitrogens is 3. The van der Waals surface area contributed by atoms with Gasteiger partial charge in [-0.2, -0.15) is 0 Å². The Bertz CT molecular complexity index is 1440. The highest BCUT2D eigenvalue weighted by Crippen LogP contribution is 2.28. The van der Waals surface area contributed by atoms with Gasteiger partial charge < -0.3 is 10.2 Å². The number of thioether (sulfide) groups is 1. The summed E-state index contributed by atoms with van der Waals surface area (Å²) in [5, 5.41) is 3.80. The number of hydrogen-bond acceptors (Lipinski definition) is 6. The molecule has 4 aromatic rings. The van der Waals surface area contributed by atoms with Gasteiger partial charge in [0.05, 0.1) is 22.7 Å². The maximum Gasteiger partial charge on any atom is 0.262 e. The quantitative estimate of drug-likeness (QED) is 0.243. The molecule has 1 fully saturated rings. The number of rotatable bonds is 9. The number of pyridine rings is 1. The summed E-state index contributed by atoms with van der Waals surface area (Å²) in [6, 6.07) is 19.7. The summed E-state index contributed by atoms with van der Waals surface area (Å²) in [5.74, 6) is -0.0811. The van der Waals surface area contributed by atoms with Crippen molar-refractivity contribution in [3.63, 3.8) is 0 Å². The highest BCUT2D eigenvalue weighted by atomic mass is 32.2. The highest BCUT2D eigenvalue weighted by Gasteiger charge is 2.23. The van der Waals surface area contributed by atoms with Crippen LogP contribution in [0.2, 0.25) is 0 Å². The first-order valence-corrected chi connectivity index (χ1v) is 14.2. The van der Waals surface area contributed by atoms with E-state index in [0.29, 0.717) is 35.6 Å². The predicted molar refractivity (Wildman–Crippen MR) is 154 cm³/mol. The van der Waals surface area contributed by atoms with E-state index in [9.17, 15) is 9.59 Å². The van der Waals surface area contributed by atoms with Gasteiger partial charge in [0, 0.05) is 37.7 Å². The van der Waals surface area contributed by atoms with Crippen molar-refractivity contribution in [1.82, 2.24) is 19.9 Å². The lowest BCUT2D eigenvalue weighted by Crippen LogP contribution is -2.33. The first-order chi connectivity index (χ1) is 18.6. The van der Waals surface area contributed by atoms with Crippen LogP contribution in [0.15, 0.2) is 83.0 Å². The van der Waals surface area contributed by atoms with Crippen molar-refractivity contribution >= 4 is 34.3 Å². The van der Waals surface area contributed by atoms with Gasteiger partial charge >= 0.3 is 0 Å². The Kier molecular flexibility index (Phi) is 8.38. The fraction of sp³-hybridized carbons (Fsp3) is 0.333. The molecule has 0 unspecified atom stereocenters. The summed E-state index contributed by atoms with van der Waals surface area (Å²) in [7, 11) is 0. The third-order valence-corrected chi connectivity index (χ3v) is 8.26. The van der Waals surface area contributed by atoms with Gasteiger partial charge in [-0.3, -0.25) is 19.1 Å². The number of carbonyl (C=O) groups excluding carboxylic acids is 1. The fourth-order valence-corrected chi connectivity index (χ4v) is 5.83. The molecule has 196 valence electrons. The standard InChI is InChI=1S/C30H33N5O2S/c1-2-27(28(36)32-20-23-12-9-15-31-19-23)38-30-33-26-14-13-24(34-16-7-4-8-17-34)18-25(26)29(37)35(30)21-22-10-5-3-6-11-22/h3,5-6,9-15,18-19,27H,2,4,7-8,16-17,20-21H2,1H3,(H,32,36)/t27-/m0/s1. The Hall–Kier alpha value is -3.65. The molecule has 7 nitrogen and oxygen atoms in total. The maximum absolute atomic E-state index is 13.9. The van der Waals surface area contributed by atoms with Crippen LogP contribution in [0.1, 0.15) is 43.7 Å². The van der Waals surface area contributed by atoms with E-state index in [2.05, 4.69) is 21.3 Å². The van der Waals surface area contributed by atoms with Crippen LogP contribution in [0.3, 0.4) is 0 Å². The third-order valence-electron chi connectivity index (χ3n) is 6.91. The van der Waals surface area contributed by atoms with Gasteiger partial charge in [0.1, 0.15) is 0 Å². The molecule has 5 rings (SSSR count). The van der Waals surface area contributed by atoms with Gasteiger partial charge in [-0.05, 0) is 61.1 Å². The van der Waals surface area contributed by atoms with Gasteiger partial charge in [0.25, 0.3) is 5.56 Å². The van der Waals surface area contributed by atoms with Gasteiger partial charge in [-0.25, -0.2) is 4.98 Å². The lowest BCUT2D eigenvalue weighted by molar-refractivity contribution is -0.120. The molecule has 1 N–H and O–H groups in total. The van der Waals surface area contributed by atoms with Gasteiger partial charge in [-0.15, -0.1) is 0 Å². The van der Waals surface area contributed by atoms with E-state index in [4.69, 9.17) is 4.98 Å². The first kappa shape index (κ1) is 26.0. The molecule has 0 aliphatic carbocycles. The number of benzene rings is 2. The molecule has 0 saturated carbocycles. The Morgan fingerprint density at radius 3 is 2.55 bits per heavy atom. The van der Waals surface area contributed by atoms with Crippen molar-refractivity contribution in [1.29, 1.82) is 0 Å². The smallest absolute Gasteiger partial charge is 0.262 e. The zero-order chi connectivity index (χ0) is 26.3. The molecule has 38 heavy (non-hydrogen) atoms. The van der Waals surface area contributed by atoms with E-state index in [1.165, 1.54) is 31.0 Å². The van der Waals surface area contributed by atoms with Gasteiger partial charge in [0.2, 0.25) is 5.91 Å².